The summed E-state index contributed by atoms with van der Waals surface area (Å²) in [7, 11) is -1.44. The first-order valence-corrected chi connectivity index (χ1v) is 4.81. The summed E-state index contributed by atoms with van der Waals surface area (Å²) in [6, 6.07) is 0. The summed E-state index contributed by atoms with van der Waals surface area (Å²) in [5.74, 6) is 0. The summed E-state index contributed by atoms with van der Waals surface area (Å²) in [5.41, 5.74) is 0. The van der Waals surface area contributed by atoms with E-state index in [9.17, 15) is 9.90 Å². The van der Waals surface area contributed by atoms with Crippen molar-refractivity contribution >= 4 is 10.0 Å². The monoisotopic (exact) mass is 162 g/mol. The molecule has 0 bridgehead atoms. The Balaban J connectivity index is 2.65. The van der Waals surface area contributed by atoms with E-state index in [2.05, 4.69) is 0 Å². The van der Waals surface area contributed by atoms with Crippen molar-refractivity contribution < 1.29 is 14.3 Å². The van der Waals surface area contributed by atoms with Gasteiger partial charge in [-0.05, 0) is 12.8 Å². The van der Waals surface area contributed by atoms with Crippen molar-refractivity contribution in [1.29, 1.82) is 0 Å². The minimum absolute atomic E-state index is 0.0250. The van der Waals surface area contributed by atoms with Crippen molar-refractivity contribution in [2.75, 3.05) is 13.2 Å². The summed E-state index contributed by atoms with van der Waals surface area (Å²) in [5, 5.41) is 9.94. The molecule has 0 fully saturated rings. The van der Waals surface area contributed by atoms with Gasteiger partial charge in [0.15, 0.2) is 0 Å². The van der Waals surface area contributed by atoms with Crippen LogP contribution >= 0.6 is 0 Å². The molecule has 0 atom stereocenters. The quantitative estimate of drug-likeness (QED) is 0.395. The second-order valence-corrected chi connectivity index (χ2v) is 2.79. The van der Waals surface area contributed by atoms with E-state index >= 15 is 0 Å². The molecule has 0 aliphatic carbocycles. The normalized spacial score (nSPS) is 11.4. The minimum Gasteiger partial charge on any atom is -0.397 e. The first kappa shape index (κ1) is 10.1. The van der Waals surface area contributed by atoms with Gasteiger partial charge in [0.1, 0.15) is 0 Å². The van der Waals surface area contributed by atoms with E-state index in [4.69, 9.17) is 4.43 Å². The van der Waals surface area contributed by atoms with Crippen molar-refractivity contribution in [2.24, 2.45) is 0 Å². The van der Waals surface area contributed by atoms with Crippen LogP contribution in [-0.2, 0) is 14.3 Å². The highest BCUT2D eigenvalue weighted by Gasteiger charge is 1.89. The zero-order valence-corrected chi connectivity index (χ0v) is 7.59. The van der Waals surface area contributed by atoms with E-state index in [1.54, 1.807) is 0 Å². The van der Waals surface area contributed by atoms with Crippen LogP contribution in [-0.4, -0.2) is 23.2 Å². The van der Waals surface area contributed by atoms with Gasteiger partial charge in [-0.15, -0.1) is 0 Å². The fourth-order valence-corrected chi connectivity index (χ4v) is 1.04. The molecule has 0 aromatic carbocycles. The Labute approximate surface area is 64.1 Å². The maximum atomic E-state index is 9.94. The van der Waals surface area contributed by atoms with E-state index in [-0.39, 0.29) is 6.61 Å². The van der Waals surface area contributed by atoms with Gasteiger partial charge in [0.2, 0.25) is 0 Å². The molecule has 4 heteroatoms. The standard InChI is InChI=1S/C6H14O3Si/c7-5-3-1-2-4-6-9-10-8/h1-6,10H2. The largest absolute Gasteiger partial charge is 0.397 e. The third kappa shape index (κ3) is 8.10. The number of rotatable bonds is 7. The van der Waals surface area contributed by atoms with Crippen LogP contribution in [0.2, 0.25) is 0 Å². The first-order valence-electron chi connectivity index (χ1n) is 3.65. The van der Waals surface area contributed by atoms with Crippen molar-refractivity contribution in [3.8, 4) is 0 Å². The lowest BCUT2D eigenvalue weighted by molar-refractivity contribution is 0.184. The van der Waals surface area contributed by atoms with Crippen molar-refractivity contribution in [2.45, 2.75) is 25.7 Å². The molecule has 10 heavy (non-hydrogen) atoms. The number of unbranched alkanes of at least 4 members (excludes halogenated alkanes) is 3. The highest BCUT2D eigenvalue weighted by atomic mass is 28.2. The van der Waals surface area contributed by atoms with Crippen LogP contribution in [0.4, 0.5) is 0 Å². The molecule has 0 saturated carbocycles. The first-order chi connectivity index (χ1) is 4.91. The SMILES string of the molecule is [O]CCCCCCO[SiH2][O]. The lowest BCUT2D eigenvalue weighted by Crippen LogP contribution is -1.97. The third-order valence-electron chi connectivity index (χ3n) is 1.27. The summed E-state index contributed by atoms with van der Waals surface area (Å²) in [4.78, 5) is 9.89. The molecule has 0 aromatic heterocycles. The molecule has 0 rings (SSSR count). The van der Waals surface area contributed by atoms with Gasteiger partial charge >= 0.3 is 10.0 Å². The number of hydrogen-bond acceptors (Lipinski definition) is 1. The van der Waals surface area contributed by atoms with Crippen LogP contribution in [0, 0.1) is 0 Å². The Bertz CT molecular complexity index is 53.0. The average Bonchev–Trinajstić information content (AvgIpc) is 1.97. The Morgan fingerprint density at radius 3 is 2.40 bits per heavy atom. The lowest BCUT2D eigenvalue weighted by Gasteiger charge is -1.97. The molecule has 0 aliphatic heterocycles. The molecule has 0 heterocycles. The maximum absolute atomic E-state index is 9.94. The summed E-state index contributed by atoms with van der Waals surface area (Å²) >= 11 is 0. The van der Waals surface area contributed by atoms with Gasteiger partial charge in [-0.1, -0.05) is 12.8 Å². The Hall–Kier alpha value is 0.0969. The fraction of sp³-hybridized carbons (Fsp3) is 1.00. The molecule has 0 N–H and O–H groups in total. The van der Waals surface area contributed by atoms with Gasteiger partial charge in [-0.25, -0.2) is 5.11 Å². The van der Waals surface area contributed by atoms with Crippen LogP contribution in [0.25, 0.3) is 0 Å². The molecule has 0 amide bonds. The Morgan fingerprint density at radius 1 is 1.10 bits per heavy atom. The second kappa shape index (κ2) is 9.10. The Kier molecular flexibility index (Phi) is 9.19. The van der Waals surface area contributed by atoms with Crippen molar-refractivity contribution in [1.82, 2.24) is 0 Å². The van der Waals surface area contributed by atoms with E-state index < -0.39 is 10.0 Å². The van der Waals surface area contributed by atoms with Crippen LogP contribution in [0.15, 0.2) is 0 Å². The Morgan fingerprint density at radius 2 is 1.80 bits per heavy atom. The molecule has 60 valence electrons. The van der Waals surface area contributed by atoms with Gasteiger partial charge in [0.25, 0.3) is 0 Å². The van der Waals surface area contributed by atoms with Gasteiger partial charge in [-0.3, -0.25) is 4.80 Å². The molecule has 2 radical (unpaired) electrons. The van der Waals surface area contributed by atoms with Crippen LogP contribution in [0.1, 0.15) is 25.7 Å². The lowest BCUT2D eigenvalue weighted by atomic mass is 10.2. The molecule has 0 aromatic rings. The van der Waals surface area contributed by atoms with Crippen molar-refractivity contribution in [3.63, 3.8) is 0 Å². The predicted octanol–water partition coefficient (Wildman–Crippen LogP) is 0.423. The zero-order chi connectivity index (χ0) is 7.66. The topological polar surface area (TPSA) is 49.0 Å². The van der Waals surface area contributed by atoms with Crippen LogP contribution < -0.4 is 0 Å². The van der Waals surface area contributed by atoms with Gasteiger partial charge in [-0.2, -0.15) is 0 Å². The van der Waals surface area contributed by atoms with Crippen LogP contribution in [0.5, 0.6) is 0 Å². The summed E-state index contributed by atoms with van der Waals surface area (Å²) < 4.78 is 4.72. The molecule has 3 nitrogen and oxygen atoms in total. The van der Waals surface area contributed by atoms with E-state index in [1.165, 1.54) is 0 Å². The smallest absolute Gasteiger partial charge is 0.343 e. The molecular weight excluding hydrogens is 148 g/mol. The van der Waals surface area contributed by atoms with E-state index in [0.717, 1.165) is 25.7 Å². The molecular formula is C6H14O3Si. The second-order valence-electron chi connectivity index (χ2n) is 2.14. The zero-order valence-electron chi connectivity index (χ0n) is 6.17. The summed E-state index contributed by atoms with van der Waals surface area (Å²) in [6.07, 6.45) is 3.70. The summed E-state index contributed by atoms with van der Waals surface area (Å²) in [6.45, 7) is 0.631. The third-order valence-corrected chi connectivity index (χ3v) is 1.72. The van der Waals surface area contributed by atoms with Crippen LogP contribution in [0.3, 0.4) is 0 Å². The van der Waals surface area contributed by atoms with E-state index in [1.807, 2.05) is 0 Å². The van der Waals surface area contributed by atoms with Gasteiger partial charge in [0.05, 0.1) is 6.61 Å². The van der Waals surface area contributed by atoms with Gasteiger partial charge < -0.3 is 4.43 Å². The average molecular weight is 162 g/mol. The highest BCUT2D eigenvalue weighted by Crippen LogP contribution is 1.98. The molecule has 0 aliphatic rings. The highest BCUT2D eigenvalue weighted by molar-refractivity contribution is 6.15. The van der Waals surface area contributed by atoms with Gasteiger partial charge in [0, 0.05) is 6.61 Å². The number of hydrogen-bond donors (Lipinski definition) is 0. The van der Waals surface area contributed by atoms with E-state index in [0.29, 0.717) is 6.61 Å². The fourth-order valence-electron chi connectivity index (χ4n) is 0.719. The molecule has 0 spiro atoms. The molecule has 0 saturated heterocycles. The minimum atomic E-state index is -1.44. The maximum Gasteiger partial charge on any atom is 0.343 e. The molecule has 0 unspecified atom stereocenters. The van der Waals surface area contributed by atoms with Crippen molar-refractivity contribution in [3.05, 3.63) is 0 Å². The predicted molar refractivity (Wildman–Crippen MR) is 39.2 cm³/mol.